The van der Waals surface area contributed by atoms with Gasteiger partial charge in [-0.05, 0) is 42.5 Å². The molecule has 4 aromatic rings. The lowest BCUT2D eigenvalue weighted by atomic mass is 10.1. The number of fused-ring (bicyclic) bond motifs is 1. The standard InChI is InChI=1S/C20H13ClFN5O/c21-19-11-24-18(10-25-19)20(28)27-17-6-5-16(14-7-8-23-9-15(14)17)26-13-3-1-12(22)2-4-13/h1-11,26H,(H,27,28). The van der Waals surface area contributed by atoms with Crippen LogP contribution in [0.3, 0.4) is 0 Å². The zero-order chi connectivity index (χ0) is 19.5. The summed E-state index contributed by atoms with van der Waals surface area (Å²) in [5.41, 5.74) is 2.27. The second-order valence-corrected chi connectivity index (χ2v) is 6.28. The van der Waals surface area contributed by atoms with Crippen molar-refractivity contribution in [2.75, 3.05) is 10.6 Å². The number of nitrogens with one attached hydrogen (secondary N) is 2. The van der Waals surface area contributed by atoms with Crippen molar-refractivity contribution in [1.29, 1.82) is 0 Å². The first-order chi connectivity index (χ1) is 13.6. The molecule has 2 heterocycles. The average molecular weight is 394 g/mol. The van der Waals surface area contributed by atoms with E-state index in [-0.39, 0.29) is 16.7 Å². The van der Waals surface area contributed by atoms with Crippen LogP contribution in [0.2, 0.25) is 5.15 Å². The molecule has 0 aliphatic rings. The third-order valence-electron chi connectivity index (χ3n) is 4.04. The van der Waals surface area contributed by atoms with Gasteiger partial charge in [-0.25, -0.2) is 14.4 Å². The molecule has 8 heteroatoms. The first-order valence-corrected chi connectivity index (χ1v) is 8.66. The summed E-state index contributed by atoms with van der Waals surface area (Å²) < 4.78 is 13.1. The normalized spacial score (nSPS) is 10.6. The molecule has 0 spiro atoms. The van der Waals surface area contributed by atoms with Crippen LogP contribution >= 0.6 is 11.6 Å². The molecule has 4 rings (SSSR count). The third-order valence-corrected chi connectivity index (χ3v) is 4.24. The molecule has 0 atom stereocenters. The Hall–Kier alpha value is -3.58. The lowest BCUT2D eigenvalue weighted by Gasteiger charge is -2.13. The number of carbonyl (C=O) groups is 1. The Bertz CT molecular complexity index is 1150. The number of carbonyl (C=O) groups excluding carboxylic acids is 1. The Labute approximate surface area is 164 Å². The van der Waals surface area contributed by atoms with E-state index >= 15 is 0 Å². The van der Waals surface area contributed by atoms with Crippen molar-refractivity contribution in [1.82, 2.24) is 15.0 Å². The van der Waals surface area contributed by atoms with E-state index in [9.17, 15) is 9.18 Å². The Morgan fingerprint density at radius 1 is 0.893 bits per heavy atom. The van der Waals surface area contributed by atoms with Crippen molar-refractivity contribution in [2.24, 2.45) is 0 Å². The summed E-state index contributed by atoms with van der Waals surface area (Å²) in [6.07, 6.45) is 5.94. The van der Waals surface area contributed by atoms with Crippen LogP contribution in [0.15, 0.2) is 67.3 Å². The van der Waals surface area contributed by atoms with Gasteiger partial charge in [0.25, 0.3) is 5.91 Å². The van der Waals surface area contributed by atoms with Gasteiger partial charge in [0.15, 0.2) is 0 Å². The first kappa shape index (κ1) is 17.8. The Morgan fingerprint density at radius 2 is 1.68 bits per heavy atom. The van der Waals surface area contributed by atoms with Crippen LogP contribution < -0.4 is 10.6 Å². The number of halogens is 2. The van der Waals surface area contributed by atoms with Crippen molar-refractivity contribution >= 4 is 45.3 Å². The molecule has 2 N–H and O–H groups in total. The zero-order valence-corrected chi connectivity index (χ0v) is 15.1. The fourth-order valence-corrected chi connectivity index (χ4v) is 2.81. The highest BCUT2D eigenvalue weighted by Crippen LogP contribution is 2.31. The van der Waals surface area contributed by atoms with Gasteiger partial charge in [-0.15, -0.1) is 0 Å². The van der Waals surface area contributed by atoms with Crippen LogP contribution in [0.25, 0.3) is 10.8 Å². The molecule has 0 radical (unpaired) electrons. The lowest BCUT2D eigenvalue weighted by Crippen LogP contribution is -2.14. The summed E-state index contributed by atoms with van der Waals surface area (Å²) in [6.45, 7) is 0. The molecule has 0 aliphatic heterocycles. The number of nitrogens with zero attached hydrogens (tertiary/aromatic N) is 3. The van der Waals surface area contributed by atoms with Crippen LogP contribution in [0, 0.1) is 5.82 Å². The fraction of sp³-hybridized carbons (Fsp3) is 0. The van der Waals surface area contributed by atoms with Gasteiger partial charge in [0.1, 0.15) is 16.7 Å². The van der Waals surface area contributed by atoms with Gasteiger partial charge >= 0.3 is 0 Å². The van der Waals surface area contributed by atoms with Crippen LogP contribution in [-0.2, 0) is 0 Å². The zero-order valence-electron chi connectivity index (χ0n) is 14.4. The van der Waals surface area contributed by atoms with Crippen molar-refractivity contribution in [3.05, 3.63) is 83.9 Å². The highest BCUT2D eigenvalue weighted by Gasteiger charge is 2.12. The molecule has 28 heavy (non-hydrogen) atoms. The minimum absolute atomic E-state index is 0.148. The van der Waals surface area contributed by atoms with Crippen LogP contribution in [0.5, 0.6) is 0 Å². The molecule has 138 valence electrons. The summed E-state index contributed by atoms with van der Waals surface area (Å²) in [4.78, 5) is 24.4. The molecule has 0 fully saturated rings. The number of benzene rings is 2. The number of pyridine rings is 1. The monoisotopic (exact) mass is 393 g/mol. The summed E-state index contributed by atoms with van der Waals surface area (Å²) in [5.74, 6) is -0.712. The van der Waals surface area contributed by atoms with Gasteiger partial charge in [-0.3, -0.25) is 9.78 Å². The van der Waals surface area contributed by atoms with E-state index in [1.807, 2.05) is 12.1 Å². The van der Waals surface area contributed by atoms with Crippen molar-refractivity contribution in [3.8, 4) is 0 Å². The van der Waals surface area contributed by atoms with Crippen LogP contribution in [0.4, 0.5) is 21.5 Å². The predicted octanol–water partition coefficient (Wildman–Crippen LogP) is 4.81. The topological polar surface area (TPSA) is 79.8 Å². The maximum absolute atomic E-state index is 13.1. The average Bonchev–Trinajstić information content (AvgIpc) is 2.72. The van der Waals surface area contributed by atoms with Crippen molar-refractivity contribution in [3.63, 3.8) is 0 Å². The van der Waals surface area contributed by atoms with E-state index in [1.54, 1.807) is 30.6 Å². The summed E-state index contributed by atoms with van der Waals surface area (Å²) in [7, 11) is 0. The van der Waals surface area contributed by atoms with Gasteiger partial charge in [0, 0.05) is 34.5 Å². The van der Waals surface area contributed by atoms with E-state index in [0.29, 0.717) is 5.69 Å². The maximum atomic E-state index is 13.1. The van der Waals surface area contributed by atoms with Gasteiger partial charge in [0.2, 0.25) is 0 Å². The van der Waals surface area contributed by atoms with Gasteiger partial charge in [-0.2, -0.15) is 0 Å². The smallest absolute Gasteiger partial charge is 0.275 e. The fourth-order valence-electron chi connectivity index (χ4n) is 2.71. The van der Waals surface area contributed by atoms with E-state index in [0.717, 1.165) is 22.1 Å². The van der Waals surface area contributed by atoms with Crippen molar-refractivity contribution < 1.29 is 9.18 Å². The minimum atomic E-state index is -0.409. The molecule has 6 nitrogen and oxygen atoms in total. The lowest BCUT2D eigenvalue weighted by molar-refractivity contribution is 0.102. The summed E-state index contributed by atoms with van der Waals surface area (Å²) in [5, 5.41) is 7.86. The second-order valence-electron chi connectivity index (χ2n) is 5.89. The predicted molar refractivity (Wildman–Crippen MR) is 106 cm³/mol. The van der Waals surface area contributed by atoms with Gasteiger partial charge < -0.3 is 10.6 Å². The van der Waals surface area contributed by atoms with E-state index in [1.165, 1.54) is 24.5 Å². The molecule has 0 saturated carbocycles. The number of amides is 1. The Kier molecular flexibility index (Phi) is 4.82. The minimum Gasteiger partial charge on any atom is -0.355 e. The van der Waals surface area contributed by atoms with Gasteiger partial charge in [0.05, 0.1) is 18.1 Å². The molecular weight excluding hydrogens is 381 g/mol. The van der Waals surface area contributed by atoms with Crippen LogP contribution in [-0.4, -0.2) is 20.9 Å². The molecule has 0 unspecified atom stereocenters. The highest BCUT2D eigenvalue weighted by molar-refractivity contribution is 6.29. The summed E-state index contributed by atoms with van der Waals surface area (Å²) in [6, 6.07) is 11.5. The SMILES string of the molecule is O=C(Nc1ccc(Nc2ccc(F)cc2)c2ccncc12)c1cnc(Cl)cn1. The molecule has 2 aromatic heterocycles. The largest absolute Gasteiger partial charge is 0.355 e. The first-order valence-electron chi connectivity index (χ1n) is 8.28. The number of aromatic nitrogens is 3. The molecular formula is C20H13ClFN5O. The summed E-state index contributed by atoms with van der Waals surface area (Å²) >= 11 is 5.71. The maximum Gasteiger partial charge on any atom is 0.275 e. The van der Waals surface area contributed by atoms with Gasteiger partial charge in [-0.1, -0.05) is 11.6 Å². The van der Waals surface area contributed by atoms with E-state index in [2.05, 4.69) is 25.6 Å². The van der Waals surface area contributed by atoms with Crippen LogP contribution in [0.1, 0.15) is 10.5 Å². The number of rotatable bonds is 4. The molecule has 0 saturated heterocycles. The second kappa shape index (κ2) is 7.58. The number of anilines is 3. The molecule has 0 aliphatic carbocycles. The quantitative estimate of drug-likeness (QED) is 0.520. The number of hydrogen-bond donors (Lipinski definition) is 2. The Morgan fingerprint density at radius 3 is 2.43 bits per heavy atom. The molecule has 2 aromatic carbocycles. The molecule has 0 bridgehead atoms. The number of hydrogen-bond acceptors (Lipinski definition) is 5. The van der Waals surface area contributed by atoms with E-state index < -0.39 is 5.91 Å². The van der Waals surface area contributed by atoms with E-state index in [4.69, 9.17) is 11.6 Å². The highest BCUT2D eigenvalue weighted by atomic mass is 35.5. The Balaban J connectivity index is 1.66. The van der Waals surface area contributed by atoms with Crippen molar-refractivity contribution in [2.45, 2.75) is 0 Å². The third kappa shape index (κ3) is 3.74. The molecule has 1 amide bonds.